The van der Waals surface area contributed by atoms with Crippen LogP contribution >= 0.6 is 11.6 Å². The molecule has 3 rings (SSSR count). The number of carbonyl (C=O) groups excluding carboxylic acids is 1. The fourth-order valence-electron chi connectivity index (χ4n) is 3.54. The summed E-state index contributed by atoms with van der Waals surface area (Å²) in [6.45, 7) is 2.63. The molecular formula is C20H23ClN2O4S. The van der Waals surface area contributed by atoms with Crippen molar-refractivity contribution in [3.05, 3.63) is 58.6 Å². The molecule has 1 heterocycles. The van der Waals surface area contributed by atoms with Crippen LogP contribution in [0.2, 0.25) is 5.02 Å². The molecule has 0 bridgehead atoms. The lowest BCUT2D eigenvalue weighted by atomic mass is 9.99. The molecule has 150 valence electrons. The molecule has 6 nitrogen and oxygen atoms in total. The van der Waals surface area contributed by atoms with Gasteiger partial charge in [0.15, 0.2) is 0 Å². The van der Waals surface area contributed by atoms with Crippen LogP contribution in [-0.4, -0.2) is 45.2 Å². The van der Waals surface area contributed by atoms with E-state index in [4.69, 9.17) is 16.3 Å². The predicted molar refractivity (Wildman–Crippen MR) is 110 cm³/mol. The Labute approximate surface area is 170 Å². The van der Waals surface area contributed by atoms with Gasteiger partial charge >= 0.3 is 0 Å². The highest BCUT2D eigenvalue weighted by atomic mass is 35.5. The van der Waals surface area contributed by atoms with Crippen LogP contribution in [-0.2, 0) is 27.8 Å². The number of anilines is 1. The van der Waals surface area contributed by atoms with E-state index in [1.165, 1.54) is 18.7 Å². The topological polar surface area (TPSA) is 66.9 Å². The van der Waals surface area contributed by atoms with E-state index in [-0.39, 0.29) is 10.9 Å². The molecule has 0 spiro atoms. The molecule has 28 heavy (non-hydrogen) atoms. The summed E-state index contributed by atoms with van der Waals surface area (Å²) >= 11 is 6.17. The first-order chi connectivity index (χ1) is 13.2. The number of sulfonamides is 1. The van der Waals surface area contributed by atoms with Crippen molar-refractivity contribution in [1.29, 1.82) is 0 Å². The van der Waals surface area contributed by atoms with Crippen LogP contribution in [0.3, 0.4) is 0 Å². The normalized spacial score (nSPS) is 14.9. The van der Waals surface area contributed by atoms with E-state index < -0.39 is 16.1 Å². The minimum absolute atomic E-state index is 0.244. The van der Waals surface area contributed by atoms with Crippen molar-refractivity contribution in [1.82, 2.24) is 4.90 Å². The van der Waals surface area contributed by atoms with Gasteiger partial charge in [0.1, 0.15) is 11.8 Å². The Morgan fingerprint density at radius 1 is 1.21 bits per heavy atom. The van der Waals surface area contributed by atoms with Crippen molar-refractivity contribution < 1.29 is 17.9 Å². The summed E-state index contributed by atoms with van der Waals surface area (Å²) in [6, 6.07) is 11.8. The second kappa shape index (κ2) is 8.01. The smallest absolute Gasteiger partial charge is 0.246 e. The number of methoxy groups -OCH3 is 1. The highest BCUT2D eigenvalue weighted by Gasteiger charge is 2.33. The van der Waals surface area contributed by atoms with Gasteiger partial charge in [0.05, 0.1) is 24.1 Å². The minimum atomic E-state index is -3.71. The fourth-order valence-corrected chi connectivity index (χ4v) is 4.96. The van der Waals surface area contributed by atoms with Gasteiger partial charge in [-0.05, 0) is 42.7 Å². The highest BCUT2D eigenvalue weighted by Crippen LogP contribution is 2.32. The first-order valence-corrected chi connectivity index (χ1v) is 11.1. The Kier molecular flexibility index (Phi) is 5.86. The van der Waals surface area contributed by atoms with Crippen LogP contribution in [0.15, 0.2) is 42.5 Å². The van der Waals surface area contributed by atoms with Crippen molar-refractivity contribution in [3.63, 3.8) is 0 Å². The number of rotatable bonds is 5. The quantitative estimate of drug-likeness (QED) is 0.742. The van der Waals surface area contributed by atoms with Crippen molar-refractivity contribution in [3.8, 4) is 5.75 Å². The SMILES string of the molecule is COc1ccc(N([C@H](C)C(=O)N2CCc3ccccc3C2)S(C)(=O)=O)cc1Cl. The first kappa shape index (κ1) is 20.5. The van der Waals surface area contributed by atoms with Gasteiger partial charge in [0.25, 0.3) is 0 Å². The Morgan fingerprint density at radius 3 is 2.50 bits per heavy atom. The average molecular weight is 423 g/mol. The molecule has 0 saturated carbocycles. The molecule has 0 saturated heterocycles. The van der Waals surface area contributed by atoms with Gasteiger partial charge in [0, 0.05) is 13.1 Å². The number of nitrogens with zero attached hydrogens (tertiary/aromatic N) is 2. The summed E-state index contributed by atoms with van der Waals surface area (Å²) in [4.78, 5) is 14.8. The van der Waals surface area contributed by atoms with Gasteiger partial charge in [0.2, 0.25) is 15.9 Å². The average Bonchev–Trinajstić information content (AvgIpc) is 2.66. The largest absolute Gasteiger partial charge is 0.495 e. The zero-order valence-corrected chi connectivity index (χ0v) is 17.6. The number of hydrogen-bond donors (Lipinski definition) is 0. The maximum absolute atomic E-state index is 13.1. The van der Waals surface area contributed by atoms with E-state index in [1.54, 1.807) is 24.0 Å². The summed E-state index contributed by atoms with van der Waals surface area (Å²) in [5, 5.41) is 0.278. The third kappa shape index (κ3) is 4.10. The number of carbonyl (C=O) groups is 1. The number of benzene rings is 2. The van der Waals surface area contributed by atoms with Crippen molar-refractivity contribution in [2.24, 2.45) is 0 Å². The van der Waals surface area contributed by atoms with Crippen LogP contribution < -0.4 is 9.04 Å². The van der Waals surface area contributed by atoms with Gasteiger partial charge in [-0.25, -0.2) is 8.42 Å². The van der Waals surface area contributed by atoms with E-state index >= 15 is 0 Å². The predicted octanol–water partition coefficient (Wildman–Crippen LogP) is 3.09. The Morgan fingerprint density at radius 2 is 1.89 bits per heavy atom. The molecule has 1 aliphatic heterocycles. The van der Waals surface area contributed by atoms with Crippen molar-refractivity contribution >= 4 is 33.2 Å². The molecule has 0 fully saturated rings. The number of halogens is 1. The van der Waals surface area contributed by atoms with E-state index in [9.17, 15) is 13.2 Å². The molecule has 0 aromatic heterocycles. The van der Waals surface area contributed by atoms with Crippen LogP contribution in [0.1, 0.15) is 18.1 Å². The summed E-state index contributed by atoms with van der Waals surface area (Å²) < 4.78 is 31.3. The lowest BCUT2D eigenvalue weighted by molar-refractivity contribution is -0.132. The van der Waals surface area contributed by atoms with E-state index in [0.717, 1.165) is 22.5 Å². The van der Waals surface area contributed by atoms with Gasteiger partial charge in [-0.15, -0.1) is 0 Å². The lowest BCUT2D eigenvalue weighted by Crippen LogP contribution is -2.50. The van der Waals surface area contributed by atoms with Gasteiger partial charge in [-0.1, -0.05) is 35.9 Å². The van der Waals surface area contributed by atoms with Gasteiger partial charge < -0.3 is 9.64 Å². The van der Waals surface area contributed by atoms with E-state index in [0.29, 0.717) is 24.5 Å². The minimum Gasteiger partial charge on any atom is -0.495 e. The first-order valence-electron chi connectivity index (χ1n) is 8.91. The summed E-state index contributed by atoms with van der Waals surface area (Å²) in [5.41, 5.74) is 2.64. The molecule has 2 aromatic carbocycles. The fraction of sp³-hybridized carbons (Fsp3) is 0.350. The molecule has 1 aliphatic rings. The number of hydrogen-bond acceptors (Lipinski definition) is 4. The summed E-state index contributed by atoms with van der Waals surface area (Å²) in [6.07, 6.45) is 1.84. The molecule has 2 aromatic rings. The number of amides is 1. The van der Waals surface area contributed by atoms with E-state index in [1.807, 2.05) is 18.2 Å². The zero-order valence-electron chi connectivity index (χ0n) is 16.1. The second-order valence-electron chi connectivity index (χ2n) is 6.83. The van der Waals surface area contributed by atoms with E-state index in [2.05, 4.69) is 6.07 Å². The monoisotopic (exact) mass is 422 g/mol. The van der Waals surface area contributed by atoms with Crippen LogP contribution in [0.25, 0.3) is 0 Å². The van der Waals surface area contributed by atoms with Gasteiger partial charge in [-0.2, -0.15) is 0 Å². The number of fused-ring (bicyclic) bond motifs is 1. The standard InChI is InChI=1S/C20H23ClN2O4S/c1-14(20(24)22-11-10-15-6-4-5-7-16(15)13-22)23(28(3,25)26)17-8-9-19(27-2)18(21)12-17/h4-9,12,14H,10-11,13H2,1-3H3/t14-/m1/s1. The Balaban J connectivity index is 1.89. The molecule has 0 aliphatic carbocycles. The molecular weight excluding hydrogens is 400 g/mol. The Hall–Kier alpha value is -2.25. The molecule has 0 N–H and O–H groups in total. The molecule has 1 atom stereocenters. The Bertz CT molecular complexity index is 993. The second-order valence-corrected chi connectivity index (χ2v) is 9.10. The van der Waals surface area contributed by atoms with Crippen LogP contribution in [0.4, 0.5) is 5.69 Å². The maximum Gasteiger partial charge on any atom is 0.246 e. The summed E-state index contributed by atoms with van der Waals surface area (Å²) in [7, 11) is -2.23. The third-order valence-corrected chi connectivity index (χ3v) is 6.44. The third-order valence-electron chi connectivity index (χ3n) is 4.90. The van der Waals surface area contributed by atoms with Gasteiger partial charge in [-0.3, -0.25) is 9.10 Å². The van der Waals surface area contributed by atoms with Crippen LogP contribution in [0, 0.1) is 0 Å². The van der Waals surface area contributed by atoms with Crippen molar-refractivity contribution in [2.75, 3.05) is 24.2 Å². The lowest BCUT2D eigenvalue weighted by Gasteiger charge is -2.35. The zero-order chi connectivity index (χ0) is 20.5. The maximum atomic E-state index is 13.1. The highest BCUT2D eigenvalue weighted by molar-refractivity contribution is 7.92. The summed E-state index contributed by atoms with van der Waals surface area (Å²) in [5.74, 6) is 0.192. The molecule has 8 heteroatoms. The van der Waals surface area contributed by atoms with Crippen molar-refractivity contribution in [2.45, 2.75) is 25.9 Å². The van der Waals surface area contributed by atoms with Crippen LogP contribution in [0.5, 0.6) is 5.75 Å². The number of ether oxygens (including phenoxy) is 1. The molecule has 1 amide bonds. The molecule has 0 unspecified atom stereocenters. The molecule has 0 radical (unpaired) electrons.